The number of amides is 1. The number of carbonyl (C=O) groups excluding carboxylic acids is 1. The average molecular weight is 391 g/mol. The highest BCUT2D eigenvalue weighted by atomic mass is 35.5. The maximum Gasteiger partial charge on any atom is 0.251 e. The molecule has 0 saturated heterocycles. The zero-order chi connectivity index (χ0) is 19.3. The van der Waals surface area contributed by atoms with Crippen LogP contribution in [-0.4, -0.2) is 11.9 Å². The van der Waals surface area contributed by atoms with Gasteiger partial charge in [-0.1, -0.05) is 72.3 Å². The van der Waals surface area contributed by atoms with Gasteiger partial charge in [0.25, 0.3) is 5.91 Å². The smallest absolute Gasteiger partial charge is 0.251 e. The lowest BCUT2D eigenvalue weighted by Gasteiger charge is -2.08. The van der Waals surface area contributed by atoms with Gasteiger partial charge < -0.3 is 10.6 Å². The molecule has 4 heteroatoms. The number of halogens is 1. The third-order valence-electron chi connectivity index (χ3n) is 5.20. The quantitative estimate of drug-likeness (QED) is 0.601. The van der Waals surface area contributed by atoms with Crippen molar-refractivity contribution in [2.75, 3.05) is 0 Å². The first-order valence-corrected chi connectivity index (χ1v) is 9.97. The molecule has 0 unspecified atom stereocenters. The van der Waals surface area contributed by atoms with Crippen molar-refractivity contribution in [3.8, 4) is 0 Å². The molecule has 3 aromatic carbocycles. The van der Waals surface area contributed by atoms with Crippen molar-refractivity contribution in [2.45, 2.75) is 31.5 Å². The lowest BCUT2D eigenvalue weighted by molar-refractivity contribution is 0.0951. The van der Waals surface area contributed by atoms with Crippen LogP contribution in [0.1, 0.15) is 39.4 Å². The molecule has 0 radical (unpaired) electrons. The Hall–Kier alpha value is -2.62. The Morgan fingerprint density at radius 2 is 1.61 bits per heavy atom. The summed E-state index contributed by atoms with van der Waals surface area (Å²) >= 11 is 6.22. The van der Waals surface area contributed by atoms with E-state index in [1.807, 2.05) is 60.7 Å². The summed E-state index contributed by atoms with van der Waals surface area (Å²) in [6.45, 7) is 1.32. The maximum absolute atomic E-state index is 12.3. The average Bonchev–Trinajstić information content (AvgIpc) is 3.52. The monoisotopic (exact) mass is 390 g/mol. The van der Waals surface area contributed by atoms with Crippen LogP contribution in [0.15, 0.2) is 78.9 Å². The summed E-state index contributed by atoms with van der Waals surface area (Å²) in [6, 6.07) is 26.3. The maximum atomic E-state index is 12.3. The zero-order valence-electron chi connectivity index (χ0n) is 15.6. The van der Waals surface area contributed by atoms with Crippen LogP contribution in [0.5, 0.6) is 0 Å². The van der Waals surface area contributed by atoms with Crippen molar-refractivity contribution < 1.29 is 4.79 Å². The van der Waals surface area contributed by atoms with Crippen molar-refractivity contribution >= 4 is 17.5 Å². The van der Waals surface area contributed by atoms with Crippen molar-refractivity contribution in [3.05, 3.63) is 106 Å². The molecule has 0 spiro atoms. The van der Waals surface area contributed by atoms with E-state index in [4.69, 9.17) is 11.6 Å². The van der Waals surface area contributed by atoms with Gasteiger partial charge in [-0.3, -0.25) is 4.79 Å². The van der Waals surface area contributed by atoms with Crippen LogP contribution < -0.4 is 10.6 Å². The summed E-state index contributed by atoms with van der Waals surface area (Å²) in [7, 11) is 0. The number of carbonyl (C=O) groups is 1. The molecule has 0 heterocycles. The van der Waals surface area contributed by atoms with E-state index in [0.29, 0.717) is 24.1 Å². The van der Waals surface area contributed by atoms with Gasteiger partial charge in [0.15, 0.2) is 0 Å². The molecule has 4 rings (SSSR count). The third kappa shape index (κ3) is 4.61. The van der Waals surface area contributed by atoms with Crippen LogP contribution in [0, 0.1) is 0 Å². The van der Waals surface area contributed by atoms with Crippen LogP contribution in [0.25, 0.3) is 0 Å². The summed E-state index contributed by atoms with van der Waals surface area (Å²) in [5.41, 5.74) is 4.19. The molecule has 1 fully saturated rings. The van der Waals surface area contributed by atoms with E-state index in [-0.39, 0.29) is 5.91 Å². The predicted octanol–water partition coefficient (Wildman–Crippen LogP) is 4.92. The highest BCUT2D eigenvalue weighted by molar-refractivity contribution is 6.31. The zero-order valence-corrected chi connectivity index (χ0v) is 16.3. The molecule has 0 bridgehead atoms. The fourth-order valence-electron chi connectivity index (χ4n) is 3.43. The number of nitrogens with one attached hydrogen (secondary N) is 2. The summed E-state index contributed by atoms with van der Waals surface area (Å²) in [4.78, 5) is 12.3. The largest absolute Gasteiger partial charge is 0.348 e. The first-order chi connectivity index (χ1) is 13.7. The minimum absolute atomic E-state index is 0.0420. The van der Waals surface area contributed by atoms with E-state index in [2.05, 4.69) is 28.8 Å². The highest BCUT2D eigenvalue weighted by Crippen LogP contribution is 2.41. The van der Waals surface area contributed by atoms with Gasteiger partial charge in [0, 0.05) is 35.6 Å². The normalized spacial score (nSPS) is 17.9. The minimum atomic E-state index is -0.0420. The second kappa shape index (κ2) is 8.59. The molecule has 2 atom stereocenters. The Morgan fingerprint density at radius 3 is 2.36 bits per heavy atom. The molecule has 0 aliphatic heterocycles. The first kappa shape index (κ1) is 18.7. The minimum Gasteiger partial charge on any atom is -0.348 e. The van der Waals surface area contributed by atoms with E-state index in [1.54, 1.807) is 0 Å². The lowest BCUT2D eigenvalue weighted by Crippen LogP contribution is -2.22. The number of hydrogen-bond donors (Lipinski definition) is 2. The van der Waals surface area contributed by atoms with Gasteiger partial charge in [0.05, 0.1) is 0 Å². The fraction of sp³-hybridized carbons (Fsp3) is 0.208. The first-order valence-electron chi connectivity index (χ1n) is 9.59. The SMILES string of the molecule is O=C(NCc1ccccc1)c1ccc([C@@H]2C[C@H]2NCc2ccccc2Cl)cc1. The standard InChI is InChI=1S/C24H23ClN2O/c25-22-9-5-4-8-20(22)16-26-23-14-21(23)18-10-12-19(13-11-18)24(28)27-15-17-6-2-1-3-7-17/h1-13,21,23,26H,14-16H2,(H,27,28)/t21-,23+/m0/s1. The third-order valence-corrected chi connectivity index (χ3v) is 5.57. The van der Waals surface area contributed by atoms with Crippen LogP contribution in [-0.2, 0) is 13.1 Å². The Morgan fingerprint density at radius 1 is 0.893 bits per heavy atom. The summed E-state index contributed by atoms with van der Waals surface area (Å²) in [5, 5.41) is 7.35. The molecule has 2 N–H and O–H groups in total. The Labute approximate surface area is 170 Å². The van der Waals surface area contributed by atoms with Crippen LogP contribution in [0.3, 0.4) is 0 Å². The molecule has 28 heavy (non-hydrogen) atoms. The van der Waals surface area contributed by atoms with Crippen LogP contribution >= 0.6 is 11.6 Å². The van der Waals surface area contributed by atoms with Gasteiger partial charge in [0.1, 0.15) is 0 Å². The molecule has 1 aliphatic carbocycles. The molecule has 1 saturated carbocycles. The Balaban J connectivity index is 1.28. The van der Waals surface area contributed by atoms with Gasteiger partial charge in [0.2, 0.25) is 0 Å². The van der Waals surface area contributed by atoms with Crippen molar-refractivity contribution in [1.29, 1.82) is 0 Å². The number of rotatable bonds is 7. The van der Waals surface area contributed by atoms with E-state index < -0.39 is 0 Å². The molecule has 1 amide bonds. The van der Waals surface area contributed by atoms with Crippen molar-refractivity contribution in [3.63, 3.8) is 0 Å². The second-order valence-corrected chi connectivity index (χ2v) is 7.62. The number of benzene rings is 3. The molecule has 142 valence electrons. The topological polar surface area (TPSA) is 41.1 Å². The van der Waals surface area contributed by atoms with Gasteiger partial charge in [-0.2, -0.15) is 0 Å². The van der Waals surface area contributed by atoms with Gasteiger partial charge in [-0.25, -0.2) is 0 Å². The molecule has 0 aromatic heterocycles. The number of hydrogen-bond acceptors (Lipinski definition) is 2. The fourth-order valence-corrected chi connectivity index (χ4v) is 3.64. The van der Waals surface area contributed by atoms with E-state index in [0.717, 1.165) is 29.1 Å². The molecule has 3 nitrogen and oxygen atoms in total. The van der Waals surface area contributed by atoms with Gasteiger partial charge >= 0.3 is 0 Å². The molecule has 3 aromatic rings. The van der Waals surface area contributed by atoms with Gasteiger partial charge in [-0.05, 0) is 41.3 Å². The molecule has 1 aliphatic rings. The van der Waals surface area contributed by atoms with Gasteiger partial charge in [-0.15, -0.1) is 0 Å². The lowest BCUT2D eigenvalue weighted by atomic mass is 10.1. The summed E-state index contributed by atoms with van der Waals surface area (Å²) in [6.07, 6.45) is 1.12. The molecular formula is C24H23ClN2O. The summed E-state index contributed by atoms with van der Waals surface area (Å²) in [5.74, 6) is 0.462. The Bertz CT molecular complexity index is 940. The molecular weight excluding hydrogens is 368 g/mol. The van der Waals surface area contributed by atoms with Crippen molar-refractivity contribution in [1.82, 2.24) is 10.6 Å². The predicted molar refractivity (Wildman–Crippen MR) is 113 cm³/mol. The van der Waals surface area contributed by atoms with Crippen molar-refractivity contribution in [2.24, 2.45) is 0 Å². The highest BCUT2D eigenvalue weighted by Gasteiger charge is 2.37. The van der Waals surface area contributed by atoms with Crippen LogP contribution in [0.2, 0.25) is 5.02 Å². The Kier molecular flexibility index (Phi) is 5.75. The second-order valence-electron chi connectivity index (χ2n) is 7.21. The van der Waals surface area contributed by atoms with E-state index >= 15 is 0 Å². The van der Waals surface area contributed by atoms with E-state index in [1.165, 1.54) is 5.56 Å². The summed E-state index contributed by atoms with van der Waals surface area (Å²) < 4.78 is 0. The van der Waals surface area contributed by atoms with Crippen LogP contribution in [0.4, 0.5) is 0 Å². The van der Waals surface area contributed by atoms with E-state index in [9.17, 15) is 4.79 Å².